The summed E-state index contributed by atoms with van der Waals surface area (Å²) in [6, 6.07) is 12.7. The standard InChI is InChI=1S/C29H37N5O2/c1-19-28(32-20(2)31-19)24-6-3-5-23(15-24)25(16-27(35)36)18-34-14-12-21(17-34)8-10-26-11-9-22-7-4-13-30-29(22)33-26/h3,5-6,9,11,15,21,25H,4,7-8,10,12-14,16-18H2,1-2H3,(H,30,33)(H,31,32)(H,35,36)/t21-,25-/m1/s1. The Morgan fingerprint density at radius 3 is 2.92 bits per heavy atom. The van der Waals surface area contributed by atoms with Gasteiger partial charge in [-0.1, -0.05) is 24.3 Å². The van der Waals surface area contributed by atoms with Gasteiger partial charge in [0.2, 0.25) is 0 Å². The predicted molar refractivity (Wildman–Crippen MR) is 142 cm³/mol. The van der Waals surface area contributed by atoms with Gasteiger partial charge in [-0.25, -0.2) is 9.97 Å². The van der Waals surface area contributed by atoms with Crippen LogP contribution in [0.25, 0.3) is 11.3 Å². The molecule has 1 fully saturated rings. The van der Waals surface area contributed by atoms with Gasteiger partial charge in [0, 0.05) is 36.8 Å². The second-order valence-electron chi connectivity index (χ2n) is 10.5. The van der Waals surface area contributed by atoms with E-state index in [1.165, 1.54) is 17.7 Å². The molecule has 0 amide bonds. The van der Waals surface area contributed by atoms with Crippen molar-refractivity contribution >= 4 is 11.8 Å². The van der Waals surface area contributed by atoms with Gasteiger partial charge in [-0.3, -0.25) is 4.79 Å². The lowest BCUT2D eigenvalue weighted by atomic mass is 9.93. The van der Waals surface area contributed by atoms with Crippen LogP contribution in [0.3, 0.4) is 0 Å². The number of nitrogens with zero attached hydrogens (tertiary/aromatic N) is 3. The predicted octanol–water partition coefficient (Wildman–Crippen LogP) is 4.96. The number of nitrogens with one attached hydrogen (secondary N) is 2. The Morgan fingerprint density at radius 2 is 2.11 bits per heavy atom. The number of hydrogen-bond acceptors (Lipinski definition) is 5. The lowest BCUT2D eigenvalue weighted by Crippen LogP contribution is -2.28. The van der Waals surface area contributed by atoms with Crippen LogP contribution in [-0.2, 0) is 17.6 Å². The number of rotatable bonds is 9. The molecule has 0 aliphatic carbocycles. The second-order valence-corrected chi connectivity index (χ2v) is 10.5. The van der Waals surface area contributed by atoms with Crippen molar-refractivity contribution in [1.29, 1.82) is 0 Å². The topological polar surface area (TPSA) is 94.1 Å². The Hall–Kier alpha value is -3.19. The molecule has 7 nitrogen and oxygen atoms in total. The molecule has 2 aromatic heterocycles. The van der Waals surface area contributed by atoms with Crippen LogP contribution in [0.1, 0.15) is 59.9 Å². The minimum atomic E-state index is -0.748. The average molecular weight is 488 g/mol. The summed E-state index contributed by atoms with van der Waals surface area (Å²) in [6.07, 6.45) is 5.72. The van der Waals surface area contributed by atoms with Crippen LogP contribution in [-0.4, -0.2) is 57.1 Å². The first-order valence-electron chi connectivity index (χ1n) is 13.2. The number of benzene rings is 1. The van der Waals surface area contributed by atoms with Crippen molar-refractivity contribution in [3.05, 3.63) is 64.7 Å². The smallest absolute Gasteiger partial charge is 0.304 e. The number of aromatic amines is 1. The zero-order chi connectivity index (χ0) is 25.1. The summed E-state index contributed by atoms with van der Waals surface area (Å²) in [6.45, 7) is 7.80. The van der Waals surface area contributed by atoms with E-state index in [-0.39, 0.29) is 12.3 Å². The molecule has 1 saturated heterocycles. The van der Waals surface area contributed by atoms with Gasteiger partial charge in [0.25, 0.3) is 0 Å². The van der Waals surface area contributed by atoms with Gasteiger partial charge in [0.1, 0.15) is 11.6 Å². The number of carboxylic acids is 1. The number of anilines is 1. The summed E-state index contributed by atoms with van der Waals surface area (Å²) >= 11 is 0. The third kappa shape index (κ3) is 5.78. The number of pyridine rings is 1. The molecular weight excluding hydrogens is 450 g/mol. The summed E-state index contributed by atoms with van der Waals surface area (Å²) in [7, 11) is 0. The molecule has 2 aliphatic heterocycles. The van der Waals surface area contributed by atoms with Gasteiger partial charge < -0.3 is 20.3 Å². The summed E-state index contributed by atoms with van der Waals surface area (Å²) in [5, 5.41) is 13.1. The number of aromatic nitrogens is 3. The number of aryl methyl sites for hydroxylation is 4. The maximum absolute atomic E-state index is 11.7. The number of imidazole rings is 1. The number of aliphatic carboxylic acids is 1. The molecule has 0 radical (unpaired) electrons. The molecule has 3 N–H and O–H groups in total. The Morgan fingerprint density at radius 1 is 1.22 bits per heavy atom. The number of hydrogen-bond donors (Lipinski definition) is 3. The quantitative estimate of drug-likeness (QED) is 0.395. The Balaban J connectivity index is 1.21. The van der Waals surface area contributed by atoms with Crippen molar-refractivity contribution in [3.8, 4) is 11.3 Å². The number of carboxylic acid groups (broad SMARTS) is 1. The fraction of sp³-hybridized carbons (Fsp3) is 0.483. The van der Waals surface area contributed by atoms with Crippen LogP contribution in [0.15, 0.2) is 36.4 Å². The van der Waals surface area contributed by atoms with E-state index in [4.69, 9.17) is 4.98 Å². The molecule has 5 rings (SSSR count). The van der Waals surface area contributed by atoms with Crippen LogP contribution >= 0.6 is 0 Å². The molecule has 7 heteroatoms. The minimum Gasteiger partial charge on any atom is -0.481 e. The van der Waals surface area contributed by atoms with Crippen LogP contribution < -0.4 is 5.32 Å². The van der Waals surface area contributed by atoms with E-state index in [1.54, 1.807) is 0 Å². The molecule has 0 spiro atoms. The van der Waals surface area contributed by atoms with E-state index < -0.39 is 5.97 Å². The molecule has 0 bridgehead atoms. The number of H-pyrrole nitrogens is 1. The van der Waals surface area contributed by atoms with Gasteiger partial charge in [-0.15, -0.1) is 0 Å². The highest BCUT2D eigenvalue weighted by molar-refractivity contribution is 5.69. The highest BCUT2D eigenvalue weighted by Crippen LogP contribution is 2.30. The molecule has 3 aromatic rings. The van der Waals surface area contributed by atoms with Crippen LogP contribution in [0, 0.1) is 19.8 Å². The van der Waals surface area contributed by atoms with Crippen LogP contribution in [0.5, 0.6) is 0 Å². The van der Waals surface area contributed by atoms with E-state index in [9.17, 15) is 9.90 Å². The third-order valence-corrected chi connectivity index (χ3v) is 7.68. The number of fused-ring (bicyclic) bond motifs is 1. The Labute approximate surface area is 213 Å². The van der Waals surface area contributed by atoms with Gasteiger partial charge in [-0.05, 0) is 81.7 Å². The first-order chi connectivity index (χ1) is 17.4. The summed E-state index contributed by atoms with van der Waals surface area (Å²) < 4.78 is 0. The molecule has 36 heavy (non-hydrogen) atoms. The summed E-state index contributed by atoms with van der Waals surface area (Å²) in [5.41, 5.74) is 6.62. The van der Waals surface area contributed by atoms with Gasteiger partial charge in [0.05, 0.1) is 17.8 Å². The largest absolute Gasteiger partial charge is 0.481 e. The van der Waals surface area contributed by atoms with Crippen molar-refractivity contribution in [2.45, 2.75) is 58.3 Å². The number of carbonyl (C=O) groups is 1. The molecule has 0 unspecified atom stereocenters. The molecule has 1 aromatic carbocycles. The van der Waals surface area contributed by atoms with Crippen molar-refractivity contribution in [1.82, 2.24) is 19.9 Å². The Bertz CT molecular complexity index is 1220. The van der Waals surface area contributed by atoms with Gasteiger partial charge in [-0.2, -0.15) is 0 Å². The number of likely N-dealkylation sites (tertiary alicyclic amines) is 1. The summed E-state index contributed by atoms with van der Waals surface area (Å²) in [5.74, 6) is 1.80. The molecule has 0 saturated carbocycles. The van der Waals surface area contributed by atoms with Crippen LogP contribution in [0.2, 0.25) is 0 Å². The second kappa shape index (κ2) is 10.8. The first kappa shape index (κ1) is 24.5. The zero-order valence-corrected chi connectivity index (χ0v) is 21.4. The van der Waals surface area contributed by atoms with Crippen molar-refractivity contribution in [2.75, 3.05) is 31.5 Å². The maximum Gasteiger partial charge on any atom is 0.304 e. The fourth-order valence-corrected chi connectivity index (χ4v) is 5.82. The van der Waals surface area contributed by atoms with E-state index >= 15 is 0 Å². The van der Waals surface area contributed by atoms with E-state index in [0.29, 0.717) is 5.92 Å². The molecule has 4 heterocycles. The van der Waals surface area contributed by atoms with E-state index in [0.717, 1.165) is 86.0 Å². The van der Waals surface area contributed by atoms with Crippen molar-refractivity contribution in [3.63, 3.8) is 0 Å². The van der Waals surface area contributed by atoms with Crippen molar-refractivity contribution in [2.24, 2.45) is 5.92 Å². The minimum absolute atomic E-state index is 0.0427. The maximum atomic E-state index is 11.7. The normalized spacial score (nSPS) is 18.6. The lowest BCUT2D eigenvalue weighted by molar-refractivity contribution is -0.137. The van der Waals surface area contributed by atoms with Gasteiger partial charge in [0.15, 0.2) is 0 Å². The average Bonchev–Trinajstić information content (AvgIpc) is 3.47. The Kier molecular flexibility index (Phi) is 7.37. The molecule has 2 atom stereocenters. The third-order valence-electron chi connectivity index (χ3n) is 7.68. The summed E-state index contributed by atoms with van der Waals surface area (Å²) in [4.78, 5) is 26.9. The zero-order valence-electron chi connectivity index (χ0n) is 21.4. The monoisotopic (exact) mass is 487 g/mol. The first-order valence-corrected chi connectivity index (χ1v) is 13.2. The SMILES string of the molecule is Cc1nc(C)c(-c2cccc([C@H](CC(=O)O)CN3CC[C@@H](CCc4ccc5c(n4)NCCC5)C3)c2)[nH]1. The molecule has 190 valence electrons. The van der Waals surface area contributed by atoms with Gasteiger partial charge >= 0.3 is 5.97 Å². The highest BCUT2D eigenvalue weighted by Gasteiger charge is 2.27. The molecular formula is C29H37N5O2. The van der Waals surface area contributed by atoms with E-state index in [1.807, 2.05) is 19.9 Å². The lowest BCUT2D eigenvalue weighted by Gasteiger charge is -2.24. The fourth-order valence-electron chi connectivity index (χ4n) is 5.82. The molecule has 2 aliphatic rings. The van der Waals surface area contributed by atoms with E-state index in [2.05, 4.69) is 50.5 Å². The van der Waals surface area contributed by atoms with Crippen LogP contribution in [0.4, 0.5) is 5.82 Å². The highest BCUT2D eigenvalue weighted by atomic mass is 16.4. The van der Waals surface area contributed by atoms with Crippen molar-refractivity contribution < 1.29 is 9.90 Å².